The summed E-state index contributed by atoms with van der Waals surface area (Å²) in [5.41, 5.74) is -0.402. The Hall–Kier alpha value is -3.49. The maximum atomic E-state index is 13.5. The van der Waals surface area contributed by atoms with Crippen LogP contribution in [-0.2, 0) is 14.3 Å². The van der Waals surface area contributed by atoms with Crippen LogP contribution in [0.2, 0.25) is 0 Å². The maximum absolute atomic E-state index is 13.5. The fourth-order valence-corrected chi connectivity index (χ4v) is 2.21. The number of rotatable bonds is 7. The first-order valence-corrected chi connectivity index (χ1v) is 8.11. The average Bonchev–Trinajstić information content (AvgIpc) is 2.65. The summed E-state index contributed by atoms with van der Waals surface area (Å²) >= 11 is 0. The van der Waals surface area contributed by atoms with Crippen molar-refractivity contribution in [3.05, 3.63) is 59.7 Å². The van der Waals surface area contributed by atoms with Gasteiger partial charge in [-0.2, -0.15) is 0 Å². The lowest BCUT2D eigenvalue weighted by molar-refractivity contribution is -0.136. The van der Waals surface area contributed by atoms with E-state index in [0.29, 0.717) is 11.4 Å². The first-order chi connectivity index (χ1) is 13.3. The molecule has 0 fully saturated rings. The maximum Gasteiger partial charge on any atom is 0.344 e. The van der Waals surface area contributed by atoms with E-state index >= 15 is 0 Å². The molecule has 148 valence electrons. The molecule has 2 aromatic rings. The molecule has 0 saturated carbocycles. The molecule has 28 heavy (non-hydrogen) atoms. The predicted octanol–water partition coefficient (Wildman–Crippen LogP) is 2.23. The first kappa shape index (κ1) is 20.8. The fourth-order valence-electron chi connectivity index (χ4n) is 2.21. The molecule has 2 amide bonds. The van der Waals surface area contributed by atoms with Gasteiger partial charge < -0.3 is 19.7 Å². The van der Waals surface area contributed by atoms with Crippen molar-refractivity contribution in [1.29, 1.82) is 0 Å². The van der Waals surface area contributed by atoms with E-state index < -0.39 is 41.6 Å². The van der Waals surface area contributed by atoms with Crippen molar-refractivity contribution >= 4 is 23.5 Å². The Bertz CT molecular complexity index is 868. The molecule has 1 N–H and O–H groups in total. The Labute approximate surface area is 159 Å². The number of benzene rings is 2. The number of carbonyl (C=O) groups is 3. The van der Waals surface area contributed by atoms with Crippen molar-refractivity contribution < 1.29 is 32.6 Å². The van der Waals surface area contributed by atoms with Crippen LogP contribution in [0.4, 0.5) is 14.5 Å². The number of carbonyl (C=O) groups excluding carboxylic acids is 3. The van der Waals surface area contributed by atoms with Crippen molar-refractivity contribution in [1.82, 2.24) is 4.90 Å². The molecule has 0 aliphatic carbocycles. The highest BCUT2D eigenvalue weighted by Crippen LogP contribution is 2.16. The molecule has 9 heteroatoms. The van der Waals surface area contributed by atoms with Crippen LogP contribution in [0.1, 0.15) is 10.4 Å². The van der Waals surface area contributed by atoms with E-state index in [1.807, 2.05) is 0 Å². The zero-order chi connectivity index (χ0) is 20.7. The predicted molar refractivity (Wildman–Crippen MR) is 95.9 cm³/mol. The number of esters is 1. The normalized spacial score (nSPS) is 10.1. The van der Waals surface area contributed by atoms with Gasteiger partial charge in [-0.1, -0.05) is 12.1 Å². The molecule has 0 atom stereocenters. The Morgan fingerprint density at radius 3 is 2.36 bits per heavy atom. The van der Waals surface area contributed by atoms with Crippen LogP contribution in [0.15, 0.2) is 42.5 Å². The second-order valence-electron chi connectivity index (χ2n) is 5.70. The molecule has 0 aliphatic heterocycles. The Morgan fingerprint density at radius 1 is 1.07 bits per heavy atom. The highest BCUT2D eigenvalue weighted by molar-refractivity contribution is 5.95. The van der Waals surface area contributed by atoms with Crippen molar-refractivity contribution in [2.45, 2.75) is 0 Å². The molecule has 0 saturated heterocycles. The molecule has 2 aromatic carbocycles. The number of hydrogen-bond acceptors (Lipinski definition) is 5. The van der Waals surface area contributed by atoms with Gasteiger partial charge in [0.25, 0.3) is 5.91 Å². The average molecular weight is 392 g/mol. The van der Waals surface area contributed by atoms with E-state index in [9.17, 15) is 23.2 Å². The summed E-state index contributed by atoms with van der Waals surface area (Å²) in [5.74, 6) is -4.15. The van der Waals surface area contributed by atoms with Crippen LogP contribution >= 0.6 is 0 Å². The second kappa shape index (κ2) is 9.45. The molecular weight excluding hydrogens is 374 g/mol. The number of methoxy groups -OCH3 is 1. The quantitative estimate of drug-likeness (QED) is 0.731. The van der Waals surface area contributed by atoms with E-state index in [0.717, 1.165) is 23.1 Å². The van der Waals surface area contributed by atoms with Crippen LogP contribution < -0.4 is 10.1 Å². The molecule has 0 radical (unpaired) electrons. The number of amides is 2. The molecule has 7 nitrogen and oxygen atoms in total. The topological polar surface area (TPSA) is 84.9 Å². The van der Waals surface area contributed by atoms with Gasteiger partial charge in [0.1, 0.15) is 22.9 Å². The van der Waals surface area contributed by atoms with Gasteiger partial charge in [-0.3, -0.25) is 9.59 Å². The molecule has 0 aromatic heterocycles. The summed E-state index contributed by atoms with van der Waals surface area (Å²) in [4.78, 5) is 36.8. The van der Waals surface area contributed by atoms with Gasteiger partial charge in [0, 0.05) is 18.8 Å². The number of nitrogens with zero attached hydrogens (tertiary/aromatic N) is 1. The highest BCUT2D eigenvalue weighted by atomic mass is 19.1. The van der Waals surface area contributed by atoms with E-state index in [4.69, 9.17) is 4.74 Å². The van der Waals surface area contributed by atoms with Crippen LogP contribution in [-0.4, -0.2) is 50.0 Å². The third-order valence-electron chi connectivity index (χ3n) is 3.65. The summed E-state index contributed by atoms with van der Waals surface area (Å²) in [6, 6.07) is 9.54. The van der Waals surface area contributed by atoms with Gasteiger partial charge in [-0.05, 0) is 24.3 Å². The summed E-state index contributed by atoms with van der Waals surface area (Å²) in [6.07, 6.45) is 0. The largest absolute Gasteiger partial charge is 0.497 e. The van der Waals surface area contributed by atoms with Gasteiger partial charge in [-0.25, -0.2) is 13.6 Å². The standard InChI is InChI=1S/C19H18F2N2O5/c1-23(10-16(24)22-12-5-3-6-13(9-12)27-2)17(25)11-28-19(26)18-14(20)7-4-8-15(18)21/h3-9H,10-11H2,1-2H3,(H,22,24). The lowest BCUT2D eigenvalue weighted by atomic mass is 10.2. The van der Waals surface area contributed by atoms with Crippen LogP contribution in [0.5, 0.6) is 5.75 Å². The van der Waals surface area contributed by atoms with Crippen molar-refractivity contribution in [3.8, 4) is 5.75 Å². The number of hydrogen-bond donors (Lipinski definition) is 1. The van der Waals surface area contributed by atoms with E-state index in [1.54, 1.807) is 24.3 Å². The number of likely N-dealkylation sites (N-methyl/N-ethyl adjacent to an activating group) is 1. The summed E-state index contributed by atoms with van der Waals surface area (Å²) < 4.78 is 36.7. The van der Waals surface area contributed by atoms with E-state index in [1.165, 1.54) is 14.2 Å². The second-order valence-corrected chi connectivity index (χ2v) is 5.70. The summed E-state index contributed by atoms with van der Waals surface area (Å²) in [6.45, 7) is -1.09. The smallest absolute Gasteiger partial charge is 0.344 e. The molecular formula is C19H18F2N2O5. The minimum Gasteiger partial charge on any atom is -0.497 e. The number of anilines is 1. The molecule has 0 spiro atoms. The Kier molecular flexibility index (Phi) is 7.02. The van der Waals surface area contributed by atoms with Gasteiger partial charge in [0.05, 0.1) is 13.7 Å². The molecule has 0 heterocycles. The fraction of sp³-hybridized carbons (Fsp3) is 0.211. The minimum absolute atomic E-state index is 0.318. The van der Waals surface area contributed by atoms with Crippen molar-refractivity contribution in [3.63, 3.8) is 0 Å². The summed E-state index contributed by atoms with van der Waals surface area (Å²) in [7, 11) is 2.81. The van der Waals surface area contributed by atoms with E-state index in [2.05, 4.69) is 10.1 Å². The minimum atomic E-state index is -1.31. The van der Waals surface area contributed by atoms with Gasteiger partial charge in [0.2, 0.25) is 5.91 Å². The molecule has 0 bridgehead atoms. The molecule has 0 unspecified atom stereocenters. The van der Waals surface area contributed by atoms with Gasteiger partial charge in [0.15, 0.2) is 6.61 Å². The zero-order valence-electron chi connectivity index (χ0n) is 15.2. The SMILES string of the molecule is COc1cccc(NC(=O)CN(C)C(=O)COC(=O)c2c(F)cccc2F)c1. The lowest BCUT2D eigenvalue weighted by Crippen LogP contribution is -2.37. The third-order valence-corrected chi connectivity index (χ3v) is 3.65. The van der Waals surface area contributed by atoms with Crippen LogP contribution in [0, 0.1) is 11.6 Å². The highest BCUT2D eigenvalue weighted by Gasteiger charge is 2.21. The third kappa shape index (κ3) is 5.50. The van der Waals surface area contributed by atoms with Crippen LogP contribution in [0.25, 0.3) is 0 Å². The van der Waals surface area contributed by atoms with E-state index in [-0.39, 0.29) is 6.54 Å². The van der Waals surface area contributed by atoms with Crippen molar-refractivity contribution in [2.75, 3.05) is 32.6 Å². The number of ether oxygens (including phenoxy) is 2. The number of halogens is 2. The molecule has 0 aliphatic rings. The Morgan fingerprint density at radius 2 is 1.71 bits per heavy atom. The first-order valence-electron chi connectivity index (χ1n) is 8.11. The number of nitrogens with one attached hydrogen (secondary N) is 1. The monoisotopic (exact) mass is 392 g/mol. The van der Waals surface area contributed by atoms with Crippen molar-refractivity contribution in [2.24, 2.45) is 0 Å². The van der Waals surface area contributed by atoms with Gasteiger partial charge >= 0.3 is 5.97 Å². The van der Waals surface area contributed by atoms with Crippen LogP contribution in [0.3, 0.4) is 0 Å². The Balaban J connectivity index is 1.86. The molecule has 2 rings (SSSR count). The lowest BCUT2D eigenvalue weighted by Gasteiger charge is -2.17. The summed E-state index contributed by atoms with van der Waals surface area (Å²) in [5, 5.41) is 2.59. The zero-order valence-corrected chi connectivity index (χ0v) is 15.2. The van der Waals surface area contributed by atoms with Gasteiger partial charge in [-0.15, -0.1) is 0 Å².